The fraction of sp³-hybridized carbons (Fsp3) is 0.744. The number of benzene rings is 1. The van der Waals surface area contributed by atoms with Crippen molar-refractivity contribution in [2.45, 2.75) is 118 Å². The van der Waals surface area contributed by atoms with E-state index in [9.17, 15) is 19.8 Å². The van der Waals surface area contributed by atoms with Crippen LogP contribution in [0, 0.1) is 56.7 Å². The third kappa shape index (κ3) is 4.33. The maximum absolute atomic E-state index is 14.4. The van der Waals surface area contributed by atoms with Crippen LogP contribution in [0.15, 0.2) is 36.4 Å². The predicted octanol–water partition coefficient (Wildman–Crippen LogP) is 8.06. The molecule has 6 rings (SSSR count). The maximum atomic E-state index is 14.4. The first-order valence-electron chi connectivity index (χ1n) is 17.6. The van der Waals surface area contributed by atoms with Gasteiger partial charge in [-0.15, -0.1) is 0 Å². The molecule has 0 bridgehead atoms. The van der Waals surface area contributed by atoms with E-state index in [1.165, 1.54) is 31.3 Å². The van der Waals surface area contributed by atoms with Gasteiger partial charge in [-0.3, -0.25) is 4.79 Å². The van der Waals surface area contributed by atoms with Gasteiger partial charge >= 0.3 is 5.97 Å². The Balaban J connectivity index is 1.28. The van der Waals surface area contributed by atoms with E-state index in [-0.39, 0.29) is 39.1 Å². The molecule has 3 N–H and O–H groups in total. The van der Waals surface area contributed by atoms with Crippen molar-refractivity contribution in [3.8, 4) is 0 Å². The molecule has 242 valence electrons. The lowest BCUT2D eigenvalue weighted by Gasteiger charge is -2.72. The molecule has 5 aliphatic carbocycles. The zero-order valence-electron chi connectivity index (χ0n) is 28.2. The summed E-state index contributed by atoms with van der Waals surface area (Å²) >= 11 is 0. The highest BCUT2D eigenvalue weighted by atomic mass is 16.4. The summed E-state index contributed by atoms with van der Waals surface area (Å²) in [6, 6.07) is 7.13. The van der Waals surface area contributed by atoms with Crippen molar-refractivity contribution >= 4 is 11.9 Å². The van der Waals surface area contributed by atoms with Crippen LogP contribution in [0.5, 0.6) is 0 Å². The predicted molar refractivity (Wildman–Crippen MR) is 175 cm³/mol. The van der Waals surface area contributed by atoms with Gasteiger partial charge in [-0.1, -0.05) is 65.0 Å². The van der Waals surface area contributed by atoms with Gasteiger partial charge in [0.1, 0.15) is 0 Å². The molecular weight excluding hydrogens is 546 g/mol. The van der Waals surface area contributed by atoms with Gasteiger partial charge in [0.15, 0.2) is 0 Å². The molecular formula is C39H57NO4. The Morgan fingerprint density at radius 1 is 0.886 bits per heavy atom. The highest BCUT2D eigenvalue weighted by Gasteiger charge is 2.71. The second kappa shape index (κ2) is 10.7. The molecule has 0 aromatic heterocycles. The smallest absolute Gasteiger partial charge is 0.335 e. The minimum absolute atomic E-state index is 0.0482. The van der Waals surface area contributed by atoms with Gasteiger partial charge < -0.3 is 15.5 Å². The van der Waals surface area contributed by atoms with Crippen molar-refractivity contribution in [2.24, 2.45) is 56.7 Å². The average molecular weight is 604 g/mol. The van der Waals surface area contributed by atoms with E-state index in [4.69, 9.17) is 0 Å². The fourth-order valence-corrected chi connectivity index (χ4v) is 13.0. The van der Waals surface area contributed by atoms with Gasteiger partial charge in [0, 0.05) is 6.54 Å². The topological polar surface area (TPSA) is 86.6 Å². The molecule has 0 unspecified atom stereocenters. The van der Waals surface area contributed by atoms with E-state index < -0.39 is 5.97 Å². The highest BCUT2D eigenvalue weighted by molar-refractivity contribution is 5.89. The third-order valence-corrected chi connectivity index (χ3v) is 15.4. The van der Waals surface area contributed by atoms with Crippen LogP contribution in [0.4, 0.5) is 0 Å². The Bertz CT molecular complexity index is 1330. The molecule has 1 aromatic rings. The Labute approximate surface area is 265 Å². The number of nitrogens with one attached hydrogen (secondary N) is 1. The van der Waals surface area contributed by atoms with Gasteiger partial charge in [0.25, 0.3) is 0 Å². The number of carboxylic acid groups (broad SMARTS) is 1. The van der Waals surface area contributed by atoms with E-state index in [2.05, 4.69) is 53.4 Å². The first-order valence-corrected chi connectivity index (χ1v) is 17.6. The number of hydrogen-bond donors (Lipinski definition) is 3. The van der Waals surface area contributed by atoms with E-state index >= 15 is 0 Å². The standard InChI is InChI=1S/C39H57NO4/c1-24(2)26-14-20-39(34(44)40-23-17-25-10-8-9-11-27(25)33(42)43)22-21-37(6)28(32(26)39)12-13-30-36(5)18-16-31(41)35(3,4)29(36)15-19-38(30,37)7/h8-11,26,28-32,41H,1,12-23H2,2-7H3,(H,40,44)(H,42,43)/t26-,28+,29-,30+,31-,32+,36-,37+,38+,39-/m0/s1. The summed E-state index contributed by atoms with van der Waals surface area (Å²) in [6.07, 6.45) is 11.1. The quantitative estimate of drug-likeness (QED) is 0.287. The summed E-state index contributed by atoms with van der Waals surface area (Å²) in [4.78, 5) is 26.1. The molecule has 1 amide bonds. The minimum atomic E-state index is -0.919. The summed E-state index contributed by atoms with van der Waals surface area (Å²) in [5, 5.41) is 24.0. The number of carbonyl (C=O) groups excluding carboxylic acids is 1. The lowest BCUT2D eigenvalue weighted by Crippen LogP contribution is -2.67. The second-order valence-electron chi connectivity index (χ2n) is 17.2. The normalized spacial score (nSPS) is 44.0. The number of aliphatic hydroxyl groups is 1. The molecule has 5 saturated carbocycles. The van der Waals surface area contributed by atoms with Crippen molar-refractivity contribution < 1.29 is 19.8 Å². The second-order valence-corrected chi connectivity index (χ2v) is 17.2. The molecule has 5 heteroatoms. The van der Waals surface area contributed by atoms with Gasteiger partial charge in [-0.25, -0.2) is 4.79 Å². The first kappa shape index (κ1) is 31.8. The van der Waals surface area contributed by atoms with Crippen LogP contribution in [0.3, 0.4) is 0 Å². The van der Waals surface area contributed by atoms with Gasteiger partial charge in [-0.05, 0) is 140 Å². The number of allylic oxidation sites excluding steroid dienone is 1. The van der Waals surface area contributed by atoms with Crippen LogP contribution < -0.4 is 5.32 Å². The number of aliphatic hydroxyl groups excluding tert-OH is 1. The van der Waals surface area contributed by atoms with Crippen molar-refractivity contribution in [1.82, 2.24) is 5.32 Å². The van der Waals surface area contributed by atoms with Gasteiger partial charge in [0.05, 0.1) is 17.1 Å². The molecule has 5 fully saturated rings. The summed E-state index contributed by atoms with van der Waals surface area (Å²) in [5.41, 5.74) is 2.52. The number of carbonyl (C=O) groups is 2. The summed E-state index contributed by atoms with van der Waals surface area (Å²) in [7, 11) is 0. The number of amides is 1. The largest absolute Gasteiger partial charge is 0.478 e. The molecule has 44 heavy (non-hydrogen) atoms. The van der Waals surface area contributed by atoms with E-state index in [0.29, 0.717) is 48.1 Å². The van der Waals surface area contributed by atoms with Crippen molar-refractivity contribution in [3.63, 3.8) is 0 Å². The summed E-state index contributed by atoms with van der Waals surface area (Å²) in [6.45, 7) is 19.6. The Hall–Kier alpha value is -2.14. The Morgan fingerprint density at radius 2 is 1.61 bits per heavy atom. The zero-order valence-corrected chi connectivity index (χ0v) is 28.2. The molecule has 0 radical (unpaired) electrons. The lowest BCUT2D eigenvalue weighted by molar-refractivity contribution is -0.246. The monoisotopic (exact) mass is 603 g/mol. The molecule has 10 atom stereocenters. The molecule has 5 aliphatic rings. The molecule has 5 nitrogen and oxygen atoms in total. The van der Waals surface area contributed by atoms with Crippen LogP contribution in [-0.2, 0) is 11.2 Å². The SMILES string of the molecule is C=C(C)[C@@H]1CC[C@]2(C(=O)NCCc3ccccc3C(=O)O)CC[C@]3(C)[C@H](CC[C@@H]4[C@@]5(C)CC[C@H](O)C(C)(C)[C@@H]5CC[C@]43C)[C@@H]12. The molecule has 0 saturated heterocycles. The van der Waals surface area contributed by atoms with Crippen LogP contribution in [0.2, 0.25) is 0 Å². The molecule has 1 aromatic carbocycles. The van der Waals surface area contributed by atoms with Crippen molar-refractivity contribution in [2.75, 3.05) is 6.54 Å². The number of aromatic carboxylic acids is 1. The van der Waals surface area contributed by atoms with Gasteiger partial charge in [0.2, 0.25) is 5.91 Å². The molecule has 0 aliphatic heterocycles. The highest BCUT2D eigenvalue weighted by Crippen LogP contribution is 2.77. The zero-order chi connectivity index (χ0) is 31.9. The van der Waals surface area contributed by atoms with Crippen LogP contribution in [0.1, 0.15) is 122 Å². The molecule has 0 spiro atoms. The van der Waals surface area contributed by atoms with Crippen molar-refractivity contribution in [3.05, 3.63) is 47.5 Å². The number of hydrogen-bond acceptors (Lipinski definition) is 3. The minimum Gasteiger partial charge on any atom is -0.478 e. The van der Waals surface area contributed by atoms with Crippen LogP contribution in [0.25, 0.3) is 0 Å². The Morgan fingerprint density at radius 3 is 2.32 bits per heavy atom. The van der Waals surface area contributed by atoms with E-state index in [1.54, 1.807) is 12.1 Å². The van der Waals surface area contributed by atoms with Crippen molar-refractivity contribution in [1.29, 1.82) is 0 Å². The Kier molecular flexibility index (Phi) is 7.75. The fourth-order valence-electron chi connectivity index (χ4n) is 13.0. The maximum Gasteiger partial charge on any atom is 0.335 e. The number of fused-ring (bicyclic) bond motifs is 7. The van der Waals surface area contributed by atoms with E-state index in [0.717, 1.165) is 44.1 Å². The lowest BCUT2D eigenvalue weighted by atomic mass is 9.32. The van der Waals surface area contributed by atoms with Gasteiger partial charge in [-0.2, -0.15) is 0 Å². The van der Waals surface area contributed by atoms with E-state index in [1.807, 2.05) is 12.1 Å². The number of rotatable bonds is 6. The first-order chi connectivity index (χ1) is 20.6. The summed E-state index contributed by atoms with van der Waals surface area (Å²) in [5.74, 6) is 1.62. The third-order valence-electron chi connectivity index (χ3n) is 15.4. The summed E-state index contributed by atoms with van der Waals surface area (Å²) < 4.78 is 0. The van der Waals surface area contributed by atoms with Crippen LogP contribution in [-0.4, -0.2) is 34.7 Å². The average Bonchev–Trinajstić information content (AvgIpc) is 3.37. The molecule has 0 heterocycles. The van der Waals surface area contributed by atoms with Crippen LogP contribution >= 0.6 is 0 Å². The number of carboxylic acids is 1.